The summed E-state index contributed by atoms with van der Waals surface area (Å²) in [6, 6.07) is 5.18. The third-order valence-electron chi connectivity index (χ3n) is 5.14. The van der Waals surface area contributed by atoms with E-state index in [-0.39, 0.29) is 34.4 Å². The topological polar surface area (TPSA) is 132 Å². The second-order valence-electron chi connectivity index (χ2n) is 7.56. The SMILES string of the molecule is C#Cc1nnc(NC(=O)NC(COC(N)=O)c2ccc(-c3ccc(F)cc3C3CC3(F)F)cn2)s1. The average Bonchev–Trinajstić information content (AvgIpc) is 3.22. The predicted molar refractivity (Wildman–Crippen MR) is 120 cm³/mol. The van der Waals surface area contributed by atoms with E-state index in [9.17, 15) is 22.8 Å². The van der Waals surface area contributed by atoms with Gasteiger partial charge in [0.25, 0.3) is 5.92 Å². The molecule has 2 unspecified atom stereocenters. The van der Waals surface area contributed by atoms with E-state index in [1.54, 1.807) is 6.07 Å². The fraction of sp³-hybridized carbons (Fsp3) is 0.227. The normalized spacial score (nSPS) is 16.6. The lowest BCUT2D eigenvalue weighted by Crippen LogP contribution is -2.36. The number of benzene rings is 1. The predicted octanol–water partition coefficient (Wildman–Crippen LogP) is 3.80. The third kappa shape index (κ3) is 5.67. The van der Waals surface area contributed by atoms with Gasteiger partial charge in [0.1, 0.15) is 18.5 Å². The van der Waals surface area contributed by atoms with Crippen molar-refractivity contribution in [1.29, 1.82) is 0 Å². The van der Waals surface area contributed by atoms with Crippen molar-refractivity contribution in [3.05, 3.63) is 58.6 Å². The van der Waals surface area contributed by atoms with Crippen molar-refractivity contribution in [3.8, 4) is 23.5 Å². The molecule has 3 aromatic rings. The van der Waals surface area contributed by atoms with Gasteiger partial charge < -0.3 is 15.8 Å². The number of ether oxygens (including phenoxy) is 1. The summed E-state index contributed by atoms with van der Waals surface area (Å²) in [5.74, 6) is -2.26. The van der Waals surface area contributed by atoms with E-state index in [0.29, 0.717) is 11.1 Å². The Hall–Kier alpha value is -4.18. The number of nitrogens with zero attached hydrogens (tertiary/aromatic N) is 3. The number of carbonyl (C=O) groups is 2. The van der Waals surface area contributed by atoms with Gasteiger partial charge in [-0.05, 0) is 35.2 Å². The van der Waals surface area contributed by atoms with Crippen LogP contribution in [0.1, 0.15) is 34.6 Å². The van der Waals surface area contributed by atoms with Gasteiger partial charge in [0, 0.05) is 18.2 Å². The molecular weight excluding hydrogens is 485 g/mol. The molecule has 180 valence electrons. The summed E-state index contributed by atoms with van der Waals surface area (Å²) in [6.07, 6.45) is 5.22. The van der Waals surface area contributed by atoms with Crippen LogP contribution in [-0.2, 0) is 4.74 Å². The van der Waals surface area contributed by atoms with Crippen LogP contribution in [0.2, 0.25) is 0 Å². The summed E-state index contributed by atoms with van der Waals surface area (Å²) in [5, 5.41) is 12.9. The molecule has 13 heteroatoms. The highest BCUT2D eigenvalue weighted by Crippen LogP contribution is 2.57. The molecule has 2 aromatic heterocycles. The Balaban J connectivity index is 1.54. The monoisotopic (exact) mass is 502 g/mol. The summed E-state index contributed by atoms with van der Waals surface area (Å²) in [4.78, 5) is 27.8. The van der Waals surface area contributed by atoms with E-state index in [4.69, 9.17) is 16.9 Å². The van der Waals surface area contributed by atoms with E-state index in [0.717, 1.165) is 17.4 Å². The molecule has 2 atom stereocenters. The zero-order valence-electron chi connectivity index (χ0n) is 17.8. The summed E-state index contributed by atoms with van der Waals surface area (Å²) in [6.45, 7) is -0.336. The molecule has 1 aliphatic carbocycles. The van der Waals surface area contributed by atoms with Gasteiger partial charge in [0.05, 0.1) is 11.6 Å². The van der Waals surface area contributed by atoms with Crippen LogP contribution in [-0.4, -0.2) is 39.8 Å². The second-order valence-corrected chi connectivity index (χ2v) is 8.54. The van der Waals surface area contributed by atoms with E-state index < -0.39 is 35.8 Å². The van der Waals surface area contributed by atoms with Crippen LogP contribution < -0.4 is 16.4 Å². The smallest absolute Gasteiger partial charge is 0.404 e. The van der Waals surface area contributed by atoms with Crippen molar-refractivity contribution < 1.29 is 27.5 Å². The quantitative estimate of drug-likeness (QED) is 0.421. The number of urea groups is 1. The van der Waals surface area contributed by atoms with Crippen molar-refractivity contribution in [3.63, 3.8) is 0 Å². The van der Waals surface area contributed by atoms with E-state index in [1.165, 1.54) is 24.4 Å². The average molecular weight is 502 g/mol. The molecule has 0 radical (unpaired) electrons. The van der Waals surface area contributed by atoms with Crippen LogP contribution in [0.15, 0.2) is 36.5 Å². The molecule has 9 nitrogen and oxygen atoms in total. The maximum Gasteiger partial charge on any atom is 0.404 e. The van der Waals surface area contributed by atoms with Gasteiger partial charge in [-0.15, -0.1) is 16.6 Å². The molecule has 4 rings (SSSR count). The zero-order valence-corrected chi connectivity index (χ0v) is 18.6. The van der Waals surface area contributed by atoms with Gasteiger partial charge in [-0.3, -0.25) is 10.3 Å². The number of primary amides is 1. The lowest BCUT2D eigenvalue weighted by Gasteiger charge is -2.18. The van der Waals surface area contributed by atoms with Gasteiger partial charge in [0.15, 0.2) is 5.01 Å². The van der Waals surface area contributed by atoms with E-state index in [2.05, 4.69) is 31.7 Å². The van der Waals surface area contributed by atoms with Crippen LogP contribution >= 0.6 is 11.3 Å². The van der Waals surface area contributed by atoms with Crippen molar-refractivity contribution in [2.75, 3.05) is 11.9 Å². The first-order valence-electron chi connectivity index (χ1n) is 10.1. The Kier molecular flexibility index (Phi) is 6.57. The van der Waals surface area contributed by atoms with Crippen LogP contribution in [0, 0.1) is 18.2 Å². The van der Waals surface area contributed by atoms with Crippen LogP contribution in [0.25, 0.3) is 11.1 Å². The van der Waals surface area contributed by atoms with Crippen LogP contribution in [0.5, 0.6) is 0 Å². The number of alkyl halides is 2. The number of rotatable bonds is 7. The first-order valence-corrected chi connectivity index (χ1v) is 10.9. The molecule has 1 saturated carbocycles. The number of aromatic nitrogens is 3. The third-order valence-corrected chi connectivity index (χ3v) is 5.91. The lowest BCUT2D eigenvalue weighted by molar-refractivity contribution is 0.112. The van der Waals surface area contributed by atoms with Crippen molar-refractivity contribution in [2.24, 2.45) is 5.73 Å². The van der Waals surface area contributed by atoms with Gasteiger partial charge in [0.2, 0.25) is 5.13 Å². The number of hydrogen-bond donors (Lipinski definition) is 3. The van der Waals surface area contributed by atoms with Crippen molar-refractivity contribution in [1.82, 2.24) is 20.5 Å². The number of hydrogen-bond acceptors (Lipinski definition) is 7. The number of terminal acetylenes is 1. The number of nitrogens with two attached hydrogens (primary N) is 1. The molecule has 4 N–H and O–H groups in total. The Labute approximate surface area is 200 Å². The van der Waals surface area contributed by atoms with Gasteiger partial charge in [-0.25, -0.2) is 22.8 Å². The molecule has 3 amide bonds. The van der Waals surface area contributed by atoms with E-state index >= 15 is 0 Å². The minimum absolute atomic E-state index is 0.147. The minimum Gasteiger partial charge on any atom is -0.447 e. The van der Waals surface area contributed by atoms with Crippen LogP contribution in [0.3, 0.4) is 0 Å². The number of nitrogens with one attached hydrogen (secondary N) is 2. The lowest BCUT2D eigenvalue weighted by atomic mass is 9.97. The molecule has 2 heterocycles. The number of pyridine rings is 1. The largest absolute Gasteiger partial charge is 0.447 e. The molecule has 0 saturated heterocycles. The Morgan fingerprint density at radius 3 is 2.69 bits per heavy atom. The van der Waals surface area contributed by atoms with Gasteiger partial charge in [-0.1, -0.05) is 23.5 Å². The number of anilines is 1. The first kappa shape index (κ1) is 24.0. The minimum atomic E-state index is -2.88. The van der Waals surface area contributed by atoms with E-state index in [1.807, 2.05) is 0 Å². The summed E-state index contributed by atoms with van der Waals surface area (Å²) in [5.41, 5.74) is 6.41. The molecule has 35 heavy (non-hydrogen) atoms. The number of halogens is 3. The van der Waals surface area contributed by atoms with Gasteiger partial charge >= 0.3 is 12.1 Å². The van der Waals surface area contributed by atoms with Crippen molar-refractivity contribution >= 4 is 28.6 Å². The Morgan fingerprint density at radius 2 is 2.09 bits per heavy atom. The highest BCUT2D eigenvalue weighted by Gasteiger charge is 2.58. The molecule has 0 bridgehead atoms. The molecule has 0 spiro atoms. The first-order chi connectivity index (χ1) is 16.7. The fourth-order valence-corrected chi connectivity index (χ4v) is 3.95. The Bertz CT molecular complexity index is 1310. The number of amides is 3. The molecule has 1 aliphatic rings. The molecular formula is C22H17F3N6O3S. The maximum absolute atomic E-state index is 13.7. The summed E-state index contributed by atoms with van der Waals surface area (Å²) >= 11 is 0.980. The summed E-state index contributed by atoms with van der Waals surface area (Å²) < 4.78 is 45.9. The van der Waals surface area contributed by atoms with Crippen molar-refractivity contribution in [2.45, 2.75) is 24.3 Å². The fourth-order valence-electron chi connectivity index (χ4n) is 3.40. The molecule has 1 aromatic carbocycles. The second kappa shape index (κ2) is 9.59. The highest BCUT2D eigenvalue weighted by molar-refractivity contribution is 7.15. The Morgan fingerprint density at radius 1 is 1.31 bits per heavy atom. The standard InChI is InChI=1S/C22H17F3N6O3S/c1-2-18-30-31-21(35-18)29-20(33)28-17(10-34-19(26)32)16-6-3-11(9-27-16)13-5-4-12(23)7-14(13)15-8-22(15,24)25/h1,3-7,9,15,17H,8,10H2,(H2,26,32)(H2,28,29,31,33). The molecule has 1 fully saturated rings. The summed E-state index contributed by atoms with van der Waals surface area (Å²) in [7, 11) is 0. The van der Waals surface area contributed by atoms with Crippen LogP contribution in [0.4, 0.5) is 27.9 Å². The number of carbonyl (C=O) groups excluding carboxylic acids is 2. The maximum atomic E-state index is 13.7. The van der Waals surface area contributed by atoms with Gasteiger partial charge in [-0.2, -0.15) is 0 Å². The highest BCUT2D eigenvalue weighted by atomic mass is 32.1. The zero-order chi connectivity index (χ0) is 25.2. The molecule has 0 aliphatic heterocycles.